The third-order valence-electron chi connectivity index (χ3n) is 8.92. The molecule has 1 aromatic rings. The van der Waals surface area contributed by atoms with E-state index in [1.165, 1.54) is 11.3 Å². The van der Waals surface area contributed by atoms with E-state index in [1.807, 2.05) is 18.4 Å². The van der Waals surface area contributed by atoms with Crippen molar-refractivity contribution in [3.05, 3.63) is 28.2 Å². The first kappa shape index (κ1) is 28.7. The maximum Gasteiger partial charge on any atom is 0.309 e. The normalized spacial score (nSPS) is 36.6. The van der Waals surface area contributed by atoms with Crippen LogP contribution in [0.5, 0.6) is 0 Å². The second-order valence-corrected chi connectivity index (χ2v) is 12.8. The number of carbonyl (C=O) groups is 2. The van der Waals surface area contributed by atoms with E-state index in [0.717, 1.165) is 35.5 Å². The van der Waals surface area contributed by atoms with Gasteiger partial charge >= 0.3 is 5.97 Å². The molecule has 7 atom stereocenters. The van der Waals surface area contributed by atoms with Gasteiger partial charge in [0.15, 0.2) is 0 Å². The van der Waals surface area contributed by atoms with Crippen LogP contribution in [-0.4, -0.2) is 45.3 Å². The second kappa shape index (κ2) is 11.3. The van der Waals surface area contributed by atoms with E-state index in [9.17, 15) is 19.8 Å². The molecule has 7 heteroatoms. The van der Waals surface area contributed by atoms with E-state index >= 15 is 0 Å². The van der Waals surface area contributed by atoms with E-state index < -0.39 is 35.6 Å². The lowest BCUT2D eigenvalue weighted by molar-refractivity contribution is -0.162. The summed E-state index contributed by atoms with van der Waals surface area (Å²) < 4.78 is 5.99. The predicted molar refractivity (Wildman–Crippen MR) is 144 cm³/mol. The molecule has 2 heterocycles. The molecule has 0 radical (unpaired) electrons. The van der Waals surface area contributed by atoms with Crippen molar-refractivity contribution >= 4 is 35.2 Å². The fraction of sp³-hybridized carbons (Fsp3) is 0.690. The van der Waals surface area contributed by atoms with Gasteiger partial charge in [0.2, 0.25) is 0 Å². The number of esters is 1. The first-order valence-corrected chi connectivity index (χ1v) is 14.0. The number of hydrogen-bond acceptors (Lipinski definition) is 7. The molecule has 6 nitrogen and oxygen atoms in total. The molecule has 0 spiro atoms. The standard InChI is InChI=1S/C29H43NO5S/c1-8-24-30-21(16-36-24)12-17(2)22-13-18(3)28(5,6)11-9-10-20-15-29(7,23(31)14-25(32)35-22)27(34)19(4)26(20)33/h8,12,16,18-20,22-23,26,31,33H,1,9-11,13-15H2,2-7H3/b17-12+/t18-,19+,20+,22-,23-,26+,29+/m0/s1. The molecule has 1 aromatic heterocycles. The quantitative estimate of drug-likeness (QED) is 0.501. The Morgan fingerprint density at radius 1 is 1.25 bits per heavy atom. The Balaban J connectivity index is 1.92. The molecule has 3 rings (SSSR count). The molecule has 0 amide bonds. The molecule has 2 bridgehead atoms. The lowest BCUT2D eigenvalue weighted by Crippen LogP contribution is -2.54. The first-order valence-electron chi connectivity index (χ1n) is 13.1. The summed E-state index contributed by atoms with van der Waals surface area (Å²) in [7, 11) is 0. The van der Waals surface area contributed by atoms with Crippen LogP contribution in [0.25, 0.3) is 12.2 Å². The van der Waals surface area contributed by atoms with E-state index in [-0.39, 0.29) is 29.5 Å². The first-order chi connectivity index (χ1) is 16.8. The van der Waals surface area contributed by atoms with Gasteiger partial charge in [-0.25, -0.2) is 4.98 Å². The largest absolute Gasteiger partial charge is 0.458 e. The van der Waals surface area contributed by atoms with Crippen molar-refractivity contribution in [2.45, 2.75) is 98.4 Å². The highest BCUT2D eigenvalue weighted by molar-refractivity contribution is 7.10. The number of aliphatic hydroxyl groups is 2. The number of aliphatic hydroxyl groups excluding tert-OH is 2. The number of cyclic esters (lactones) is 1. The minimum absolute atomic E-state index is 0.00440. The van der Waals surface area contributed by atoms with Gasteiger partial charge in [-0.05, 0) is 67.6 Å². The lowest BCUT2D eigenvalue weighted by Gasteiger charge is -2.46. The second-order valence-electron chi connectivity index (χ2n) is 11.9. The Kier molecular flexibility index (Phi) is 9.00. The number of thiazole rings is 1. The molecular formula is C29H43NO5S. The molecular weight excluding hydrogens is 474 g/mol. The van der Waals surface area contributed by atoms with Crippen LogP contribution in [0, 0.1) is 28.6 Å². The van der Waals surface area contributed by atoms with Crippen molar-refractivity contribution < 1.29 is 24.5 Å². The number of fused-ring (bicyclic) bond motifs is 2. The zero-order valence-electron chi connectivity index (χ0n) is 22.6. The number of ether oxygens (including phenoxy) is 1. The van der Waals surface area contributed by atoms with Gasteiger partial charge in [-0.3, -0.25) is 9.59 Å². The smallest absolute Gasteiger partial charge is 0.309 e. The highest BCUT2D eigenvalue weighted by Crippen LogP contribution is 2.46. The van der Waals surface area contributed by atoms with E-state index in [4.69, 9.17) is 4.74 Å². The number of carbonyl (C=O) groups excluding carboxylic acids is 2. The van der Waals surface area contributed by atoms with E-state index in [2.05, 4.69) is 32.3 Å². The summed E-state index contributed by atoms with van der Waals surface area (Å²) in [6.45, 7) is 15.9. The minimum Gasteiger partial charge on any atom is -0.458 e. The van der Waals surface area contributed by atoms with Crippen LogP contribution >= 0.6 is 11.3 Å². The molecule has 200 valence electrons. The summed E-state index contributed by atoms with van der Waals surface area (Å²) in [5.74, 6) is -1.10. The topological polar surface area (TPSA) is 96.7 Å². The number of hydrogen-bond donors (Lipinski definition) is 2. The zero-order chi connectivity index (χ0) is 26.8. The number of rotatable bonds is 3. The van der Waals surface area contributed by atoms with Crippen LogP contribution < -0.4 is 0 Å². The molecule has 1 saturated heterocycles. The average molecular weight is 518 g/mol. The van der Waals surface area contributed by atoms with Crippen LogP contribution in [0.2, 0.25) is 0 Å². The molecule has 0 unspecified atom stereocenters. The number of Topliss-reactive ketones (excluding diaryl/α,β-unsaturated/α-hetero) is 1. The van der Waals surface area contributed by atoms with Crippen LogP contribution in [0.3, 0.4) is 0 Å². The van der Waals surface area contributed by atoms with Crippen molar-refractivity contribution in [2.75, 3.05) is 0 Å². The average Bonchev–Trinajstić information content (AvgIpc) is 3.27. The van der Waals surface area contributed by atoms with Gasteiger partial charge in [-0.15, -0.1) is 11.3 Å². The zero-order valence-corrected chi connectivity index (χ0v) is 23.4. The summed E-state index contributed by atoms with van der Waals surface area (Å²) in [6.07, 6.45) is 4.76. The Morgan fingerprint density at radius 2 is 1.94 bits per heavy atom. The SMILES string of the molecule is C=Cc1nc(/C=C(\C)[C@@H]2C[C@H](C)C(C)(C)CCC[C@@H]3C[C@@](C)(C(=O)[C@H](C)[C@H]3O)[C@@H](O)CC(=O)O2)cs1. The van der Waals surface area contributed by atoms with Gasteiger partial charge in [0.05, 0.1) is 29.7 Å². The van der Waals surface area contributed by atoms with Gasteiger partial charge in [0, 0.05) is 11.3 Å². The Hall–Kier alpha value is -1.83. The van der Waals surface area contributed by atoms with Crippen LogP contribution in [0.4, 0.5) is 0 Å². The van der Waals surface area contributed by atoms with Crippen molar-refractivity contribution in [3.63, 3.8) is 0 Å². The van der Waals surface area contributed by atoms with Crippen molar-refractivity contribution in [2.24, 2.45) is 28.6 Å². The Morgan fingerprint density at radius 3 is 2.58 bits per heavy atom. The highest BCUT2D eigenvalue weighted by atomic mass is 32.1. The lowest BCUT2D eigenvalue weighted by atomic mass is 9.60. The van der Waals surface area contributed by atoms with Gasteiger partial charge in [-0.2, -0.15) is 0 Å². The Bertz CT molecular complexity index is 998. The van der Waals surface area contributed by atoms with E-state index in [0.29, 0.717) is 12.8 Å². The third kappa shape index (κ3) is 6.17. The highest BCUT2D eigenvalue weighted by Gasteiger charge is 2.52. The van der Waals surface area contributed by atoms with Crippen molar-refractivity contribution in [3.8, 4) is 0 Å². The van der Waals surface area contributed by atoms with Crippen LogP contribution in [0.1, 0.15) is 90.8 Å². The summed E-state index contributed by atoms with van der Waals surface area (Å²) in [4.78, 5) is 30.8. The summed E-state index contributed by atoms with van der Waals surface area (Å²) in [6, 6.07) is 0. The molecule has 36 heavy (non-hydrogen) atoms. The summed E-state index contributed by atoms with van der Waals surface area (Å²) in [5, 5.41) is 24.7. The van der Waals surface area contributed by atoms with Crippen LogP contribution in [0.15, 0.2) is 17.5 Å². The number of nitrogens with zero attached hydrogens (tertiary/aromatic N) is 1. The molecule has 0 aromatic carbocycles. The van der Waals surface area contributed by atoms with Gasteiger partial charge in [0.1, 0.15) is 16.9 Å². The number of aromatic nitrogens is 1. The van der Waals surface area contributed by atoms with Crippen LogP contribution in [-0.2, 0) is 14.3 Å². The van der Waals surface area contributed by atoms with Gasteiger partial charge in [0.25, 0.3) is 0 Å². The molecule has 2 aliphatic rings. The monoisotopic (exact) mass is 517 g/mol. The van der Waals surface area contributed by atoms with Crippen molar-refractivity contribution in [1.82, 2.24) is 4.98 Å². The predicted octanol–water partition coefficient (Wildman–Crippen LogP) is 5.68. The molecule has 1 saturated carbocycles. The molecule has 1 aliphatic heterocycles. The van der Waals surface area contributed by atoms with E-state index in [1.54, 1.807) is 19.9 Å². The van der Waals surface area contributed by atoms with Gasteiger partial charge < -0.3 is 14.9 Å². The fourth-order valence-electron chi connectivity index (χ4n) is 5.83. The molecule has 2 N–H and O–H groups in total. The maximum absolute atomic E-state index is 13.2. The summed E-state index contributed by atoms with van der Waals surface area (Å²) >= 11 is 1.51. The molecule has 1 aliphatic carbocycles. The maximum atomic E-state index is 13.2. The van der Waals surface area contributed by atoms with Gasteiger partial charge in [-0.1, -0.05) is 47.6 Å². The van der Waals surface area contributed by atoms with Crippen molar-refractivity contribution in [1.29, 1.82) is 0 Å². The molecule has 2 fully saturated rings. The third-order valence-corrected chi connectivity index (χ3v) is 9.78. The number of ketones is 1. The summed E-state index contributed by atoms with van der Waals surface area (Å²) in [5.41, 5.74) is 0.603. The fourth-order valence-corrected chi connectivity index (χ4v) is 6.45. The Labute approximate surface area is 219 Å². The minimum atomic E-state index is -1.16.